The Morgan fingerprint density at radius 3 is 2.63 bits per heavy atom. The van der Waals surface area contributed by atoms with Crippen molar-refractivity contribution in [3.8, 4) is 5.88 Å². The molecule has 1 atom stereocenters. The molecule has 0 aliphatic rings. The third-order valence-corrected chi connectivity index (χ3v) is 5.72. The van der Waals surface area contributed by atoms with Gasteiger partial charge in [-0.25, -0.2) is 28.0 Å². The van der Waals surface area contributed by atoms with Crippen molar-refractivity contribution in [1.82, 2.24) is 19.3 Å². The van der Waals surface area contributed by atoms with Crippen LogP contribution in [0.4, 0.5) is 5.69 Å². The first-order chi connectivity index (χ1) is 12.9. The molecule has 3 rings (SSSR count). The van der Waals surface area contributed by atoms with E-state index in [1.54, 1.807) is 19.2 Å². The summed E-state index contributed by atoms with van der Waals surface area (Å²) in [5, 5.41) is 0. The van der Waals surface area contributed by atoms with Gasteiger partial charge in [0.1, 0.15) is 11.3 Å². The van der Waals surface area contributed by atoms with Crippen molar-refractivity contribution >= 4 is 26.7 Å². The number of fused-ring (bicyclic) bond motifs is 1. The molecule has 8 nitrogen and oxygen atoms in total. The molecule has 27 heavy (non-hydrogen) atoms. The number of methoxy groups -OCH3 is 1. The van der Waals surface area contributed by atoms with Gasteiger partial charge in [0, 0.05) is 12.6 Å². The molecule has 1 aromatic carbocycles. The van der Waals surface area contributed by atoms with Crippen LogP contribution in [0.1, 0.15) is 25.7 Å². The summed E-state index contributed by atoms with van der Waals surface area (Å²) >= 11 is 0. The average molecular weight is 385 g/mol. The minimum absolute atomic E-state index is 0.101. The molecule has 0 fully saturated rings. The van der Waals surface area contributed by atoms with E-state index in [-0.39, 0.29) is 4.90 Å². The Morgan fingerprint density at radius 2 is 2.04 bits per heavy atom. The highest BCUT2D eigenvalue weighted by molar-refractivity contribution is 7.89. The van der Waals surface area contributed by atoms with Gasteiger partial charge in [-0.1, -0.05) is 24.3 Å². The van der Waals surface area contributed by atoms with Crippen molar-refractivity contribution in [3.05, 3.63) is 53.8 Å². The van der Waals surface area contributed by atoms with E-state index in [4.69, 9.17) is 11.3 Å². The summed E-state index contributed by atoms with van der Waals surface area (Å²) in [7, 11) is -2.21. The molecule has 9 heteroatoms. The Bertz CT molecular complexity index is 1110. The Morgan fingerprint density at radius 1 is 1.33 bits per heavy atom. The summed E-state index contributed by atoms with van der Waals surface area (Å²) in [6.45, 7) is 11.3. The van der Waals surface area contributed by atoms with Crippen LogP contribution in [0.2, 0.25) is 0 Å². The zero-order valence-electron chi connectivity index (χ0n) is 15.2. The first-order valence-electron chi connectivity index (χ1n) is 8.29. The lowest BCUT2D eigenvalue weighted by Crippen LogP contribution is -2.28. The second kappa shape index (κ2) is 7.34. The largest absolute Gasteiger partial charge is 0.481 e. The van der Waals surface area contributed by atoms with E-state index in [2.05, 4.69) is 19.5 Å². The zero-order chi connectivity index (χ0) is 19.6. The van der Waals surface area contributed by atoms with Crippen molar-refractivity contribution in [2.45, 2.75) is 31.3 Å². The number of sulfonamides is 1. The molecule has 2 aromatic heterocycles. The summed E-state index contributed by atoms with van der Waals surface area (Å²) in [6.07, 6.45) is 1.61. The Balaban J connectivity index is 1.95. The summed E-state index contributed by atoms with van der Waals surface area (Å²) in [5.74, 6) is 1.06. The van der Waals surface area contributed by atoms with E-state index in [1.807, 2.05) is 11.5 Å². The second-order valence-electron chi connectivity index (χ2n) is 5.88. The third kappa shape index (κ3) is 3.63. The number of ether oxygens (including phenoxy) is 1. The molecule has 0 aliphatic carbocycles. The maximum atomic E-state index is 12.7. The van der Waals surface area contributed by atoms with Crippen molar-refractivity contribution in [2.75, 3.05) is 7.11 Å². The molecule has 0 saturated carbocycles. The van der Waals surface area contributed by atoms with Crippen LogP contribution in [0.25, 0.3) is 15.9 Å². The van der Waals surface area contributed by atoms with Crippen LogP contribution in [-0.4, -0.2) is 30.1 Å². The average Bonchev–Trinajstić information content (AvgIpc) is 3.05. The highest BCUT2D eigenvalue weighted by atomic mass is 32.2. The van der Waals surface area contributed by atoms with E-state index >= 15 is 0 Å². The van der Waals surface area contributed by atoms with Gasteiger partial charge in [-0.05, 0) is 13.8 Å². The minimum Gasteiger partial charge on any atom is -0.481 e. The predicted octanol–water partition coefficient (Wildman–Crippen LogP) is 3.05. The van der Waals surface area contributed by atoms with Gasteiger partial charge in [0.15, 0.2) is 5.69 Å². The second-order valence-corrected chi connectivity index (χ2v) is 7.59. The van der Waals surface area contributed by atoms with Crippen LogP contribution in [0.15, 0.2) is 41.4 Å². The standard InChI is InChI=1S/C18H19N5O3S/c1-5-23-16-10-17(26-4)20-11-15(16)21-18(23)12(2)22-27(24,25)14-8-6-13(19-3)7-9-14/h6-12,22H,5H2,1-2,4H3/t12-/m1/s1. The molecule has 0 spiro atoms. The maximum absolute atomic E-state index is 12.7. The van der Waals surface area contributed by atoms with Crippen LogP contribution in [0, 0.1) is 6.57 Å². The highest BCUT2D eigenvalue weighted by Gasteiger charge is 2.23. The van der Waals surface area contributed by atoms with E-state index in [1.165, 1.54) is 31.4 Å². The fourth-order valence-corrected chi connectivity index (χ4v) is 4.06. The van der Waals surface area contributed by atoms with Crippen molar-refractivity contribution < 1.29 is 13.2 Å². The summed E-state index contributed by atoms with van der Waals surface area (Å²) in [5.41, 5.74) is 1.88. The monoisotopic (exact) mass is 385 g/mol. The lowest BCUT2D eigenvalue weighted by molar-refractivity contribution is 0.398. The number of rotatable bonds is 6. The Kier molecular flexibility index (Phi) is 5.12. The Hall–Kier alpha value is -2.96. The fourth-order valence-electron chi connectivity index (χ4n) is 2.86. The number of aryl methyl sites for hydroxylation is 1. The van der Waals surface area contributed by atoms with Gasteiger partial charge in [0.2, 0.25) is 15.9 Å². The molecule has 140 valence electrons. The topological polar surface area (TPSA) is 90.5 Å². The number of aromatic nitrogens is 3. The van der Waals surface area contributed by atoms with Crippen LogP contribution in [0.5, 0.6) is 5.88 Å². The number of nitrogens with zero attached hydrogens (tertiary/aromatic N) is 4. The van der Waals surface area contributed by atoms with Crippen LogP contribution >= 0.6 is 0 Å². The molecule has 0 aliphatic heterocycles. The number of hydrogen-bond donors (Lipinski definition) is 1. The van der Waals surface area contributed by atoms with Gasteiger partial charge in [-0.15, -0.1) is 0 Å². The lowest BCUT2D eigenvalue weighted by Gasteiger charge is -2.15. The molecule has 3 aromatic rings. The molecular weight excluding hydrogens is 366 g/mol. The zero-order valence-corrected chi connectivity index (χ0v) is 16.0. The lowest BCUT2D eigenvalue weighted by atomic mass is 10.3. The third-order valence-electron chi connectivity index (χ3n) is 4.16. The van der Waals surface area contributed by atoms with Crippen molar-refractivity contribution in [3.63, 3.8) is 0 Å². The molecule has 0 saturated heterocycles. The highest BCUT2D eigenvalue weighted by Crippen LogP contribution is 2.25. The number of hydrogen-bond acceptors (Lipinski definition) is 5. The molecule has 0 radical (unpaired) electrons. The van der Waals surface area contributed by atoms with Crippen LogP contribution in [-0.2, 0) is 16.6 Å². The predicted molar refractivity (Wildman–Crippen MR) is 101 cm³/mol. The number of imidazole rings is 1. The summed E-state index contributed by atoms with van der Waals surface area (Å²) in [6, 6.07) is 7.00. The van der Waals surface area contributed by atoms with Gasteiger partial charge >= 0.3 is 0 Å². The minimum atomic E-state index is -3.75. The van der Waals surface area contributed by atoms with Crippen LogP contribution < -0.4 is 9.46 Å². The van der Waals surface area contributed by atoms with Gasteiger partial charge in [-0.3, -0.25) is 0 Å². The number of benzene rings is 1. The van der Waals surface area contributed by atoms with Gasteiger partial charge in [-0.2, -0.15) is 0 Å². The summed E-state index contributed by atoms with van der Waals surface area (Å²) in [4.78, 5) is 12.1. The SMILES string of the molecule is [C-]#[N+]c1ccc(S(=O)(=O)N[C@H](C)c2nc3cnc(OC)cc3n2CC)cc1. The van der Waals surface area contributed by atoms with E-state index in [0.29, 0.717) is 29.5 Å². The first-order valence-corrected chi connectivity index (χ1v) is 9.78. The van der Waals surface area contributed by atoms with Crippen molar-refractivity contribution in [1.29, 1.82) is 0 Å². The molecule has 0 bridgehead atoms. The number of nitrogens with one attached hydrogen (secondary N) is 1. The molecular formula is C18H19N5O3S. The molecule has 2 heterocycles. The van der Waals surface area contributed by atoms with Crippen LogP contribution in [0.3, 0.4) is 0 Å². The first kappa shape index (κ1) is 18.8. The maximum Gasteiger partial charge on any atom is 0.241 e. The molecule has 0 amide bonds. The molecule has 0 unspecified atom stereocenters. The van der Waals surface area contributed by atoms with Crippen molar-refractivity contribution in [2.24, 2.45) is 0 Å². The molecule has 1 N–H and O–H groups in total. The fraction of sp³-hybridized carbons (Fsp3) is 0.278. The Labute approximate surface area is 157 Å². The van der Waals surface area contributed by atoms with E-state index < -0.39 is 16.1 Å². The van der Waals surface area contributed by atoms with Gasteiger partial charge < -0.3 is 9.30 Å². The van der Waals surface area contributed by atoms with E-state index in [0.717, 1.165) is 5.52 Å². The number of pyridine rings is 1. The normalized spacial score (nSPS) is 12.7. The summed E-state index contributed by atoms with van der Waals surface area (Å²) < 4.78 is 35.1. The van der Waals surface area contributed by atoms with Gasteiger partial charge in [0.25, 0.3) is 0 Å². The quantitative estimate of drug-likeness (QED) is 0.659. The van der Waals surface area contributed by atoms with Gasteiger partial charge in [0.05, 0.1) is 36.3 Å². The smallest absolute Gasteiger partial charge is 0.241 e. The van der Waals surface area contributed by atoms with E-state index in [9.17, 15) is 8.42 Å².